The van der Waals surface area contributed by atoms with Crippen LogP contribution in [0.25, 0.3) is 0 Å². The van der Waals surface area contributed by atoms with Gasteiger partial charge in [0.15, 0.2) is 11.6 Å². The van der Waals surface area contributed by atoms with Gasteiger partial charge < -0.3 is 19.1 Å². The summed E-state index contributed by atoms with van der Waals surface area (Å²) in [5.74, 6) is 1.60. The summed E-state index contributed by atoms with van der Waals surface area (Å²) in [7, 11) is 1.60. The Labute approximate surface area is 193 Å². The highest BCUT2D eigenvalue weighted by molar-refractivity contribution is 5.80. The molecule has 0 unspecified atom stereocenters. The number of nitrogens with zero attached hydrogens (tertiary/aromatic N) is 5. The highest BCUT2D eigenvalue weighted by atomic mass is 16.5. The fraction of sp³-hybridized carbons (Fsp3) is 0.333. The summed E-state index contributed by atoms with van der Waals surface area (Å²) in [6, 6.07) is 14.1. The Morgan fingerprint density at radius 3 is 2.79 bits per heavy atom. The highest BCUT2D eigenvalue weighted by Gasteiger charge is 2.23. The van der Waals surface area contributed by atoms with Crippen LogP contribution < -0.4 is 19.8 Å². The van der Waals surface area contributed by atoms with E-state index in [-0.39, 0.29) is 6.01 Å². The van der Waals surface area contributed by atoms with Gasteiger partial charge in [0.2, 0.25) is 5.75 Å². The van der Waals surface area contributed by atoms with E-state index in [1.165, 1.54) is 0 Å². The van der Waals surface area contributed by atoms with Crippen LogP contribution in [0.1, 0.15) is 16.8 Å². The van der Waals surface area contributed by atoms with Gasteiger partial charge in [-0.2, -0.15) is 15.1 Å². The Balaban J connectivity index is 1.56. The van der Waals surface area contributed by atoms with Gasteiger partial charge in [0.05, 0.1) is 33.1 Å². The number of hydrogen-bond acceptors (Lipinski definition) is 9. The first-order valence-electron chi connectivity index (χ1n) is 10.9. The van der Waals surface area contributed by atoms with E-state index >= 15 is 0 Å². The number of anilines is 2. The van der Waals surface area contributed by atoms with E-state index in [4.69, 9.17) is 14.2 Å². The van der Waals surface area contributed by atoms with Crippen molar-refractivity contribution < 1.29 is 14.2 Å². The van der Waals surface area contributed by atoms with Crippen molar-refractivity contribution in [1.82, 2.24) is 15.0 Å². The number of nitrogens with one attached hydrogen (secondary N) is 1. The van der Waals surface area contributed by atoms with Gasteiger partial charge in [-0.25, -0.2) is 0 Å². The fourth-order valence-electron chi connectivity index (χ4n) is 3.45. The zero-order valence-electron chi connectivity index (χ0n) is 18.9. The second-order valence-corrected chi connectivity index (χ2v) is 7.51. The number of hydrogen-bond donors (Lipinski definition) is 1. The number of aryl methyl sites for hydroxylation is 1. The van der Waals surface area contributed by atoms with Gasteiger partial charge in [-0.3, -0.25) is 10.4 Å². The predicted molar refractivity (Wildman–Crippen MR) is 127 cm³/mol. The average Bonchev–Trinajstić information content (AvgIpc) is 2.85. The molecule has 0 saturated carbocycles. The van der Waals surface area contributed by atoms with Crippen molar-refractivity contribution in [2.24, 2.45) is 5.10 Å². The summed E-state index contributed by atoms with van der Waals surface area (Å²) in [4.78, 5) is 15.6. The molecule has 3 aromatic rings. The van der Waals surface area contributed by atoms with Gasteiger partial charge in [0.25, 0.3) is 0 Å². The van der Waals surface area contributed by atoms with Gasteiger partial charge in [0, 0.05) is 31.4 Å². The second-order valence-electron chi connectivity index (χ2n) is 7.51. The SMILES string of the molecule is COc1c(N/N=C/c2cccc(C)c2)nc(OCCc2ccccn2)nc1N1CCOCC1. The number of benzene rings is 1. The van der Waals surface area contributed by atoms with Gasteiger partial charge in [-0.05, 0) is 24.6 Å². The van der Waals surface area contributed by atoms with Crippen molar-refractivity contribution in [2.45, 2.75) is 13.3 Å². The number of aromatic nitrogens is 3. The minimum atomic E-state index is 0.251. The lowest BCUT2D eigenvalue weighted by atomic mass is 10.2. The molecule has 4 rings (SSSR count). The Morgan fingerprint density at radius 2 is 2.03 bits per heavy atom. The largest absolute Gasteiger partial charge is 0.490 e. The van der Waals surface area contributed by atoms with Gasteiger partial charge in [-0.15, -0.1) is 0 Å². The number of methoxy groups -OCH3 is 1. The zero-order chi connectivity index (χ0) is 22.9. The van der Waals surface area contributed by atoms with Crippen molar-refractivity contribution in [3.63, 3.8) is 0 Å². The molecule has 3 heterocycles. The summed E-state index contributed by atoms with van der Waals surface area (Å²) in [5.41, 5.74) is 6.09. The van der Waals surface area contributed by atoms with Crippen LogP contribution in [0.2, 0.25) is 0 Å². The van der Waals surface area contributed by atoms with E-state index < -0.39 is 0 Å². The maximum Gasteiger partial charge on any atom is 0.320 e. The Bertz CT molecular complexity index is 1070. The number of rotatable bonds is 9. The lowest BCUT2D eigenvalue weighted by molar-refractivity contribution is 0.122. The van der Waals surface area contributed by atoms with Crippen LogP contribution in [0.5, 0.6) is 11.8 Å². The minimum absolute atomic E-state index is 0.251. The van der Waals surface area contributed by atoms with Crippen LogP contribution in [-0.4, -0.2) is 61.2 Å². The van der Waals surface area contributed by atoms with Crippen molar-refractivity contribution >= 4 is 17.9 Å². The molecule has 1 aromatic carbocycles. The molecule has 1 aliphatic rings. The monoisotopic (exact) mass is 448 g/mol. The van der Waals surface area contributed by atoms with E-state index in [1.54, 1.807) is 19.5 Å². The number of ether oxygens (including phenoxy) is 3. The first-order chi connectivity index (χ1) is 16.2. The molecule has 9 heteroatoms. The first-order valence-corrected chi connectivity index (χ1v) is 10.9. The molecule has 0 atom stereocenters. The molecule has 9 nitrogen and oxygen atoms in total. The van der Waals surface area contributed by atoms with Crippen molar-refractivity contribution in [2.75, 3.05) is 50.3 Å². The highest BCUT2D eigenvalue weighted by Crippen LogP contribution is 2.35. The smallest absolute Gasteiger partial charge is 0.320 e. The molecular weight excluding hydrogens is 420 g/mol. The van der Waals surface area contributed by atoms with E-state index in [9.17, 15) is 0 Å². The Hall–Kier alpha value is -3.72. The maximum absolute atomic E-state index is 5.89. The lowest BCUT2D eigenvalue weighted by Crippen LogP contribution is -2.37. The van der Waals surface area contributed by atoms with Gasteiger partial charge in [-0.1, -0.05) is 35.9 Å². The predicted octanol–water partition coefficient (Wildman–Crippen LogP) is 3.09. The van der Waals surface area contributed by atoms with E-state index in [2.05, 4.69) is 30.4 Å². The topological polar surface area (TPSA) is 94.0 Å². The summed E-state index contributed by atoms with van der Waals surface area (Å²) in [5, 5.41) is 4.36. The van der Waals surface area contributed by atoms with E-state index in [0.29, 0.717) is 56.7 Å². The lowest BCUT2D eigenvalue weighted by Gasteiger charge is -2.29. The molecular formula is C24H28N6O3. The van der Waals surface area contributed by atoms with Crippen LogP contribution in [-0.2, 0) is 11.2 Å². The van der Waals surface area contributed by atoms with Crippen LogP contribution in [0.3, 0.4) is 0 Å². The van der Waals surface area contributed by atoms with Crippen LogP contribution >= 0.6 is 0 Å². The number of pyridine rings is 1. The van der Waals surface area contributed by atoms with Crippen LogP contribution in [0.15, 0.2) is 53.8 Å². The maximum atomic E-state index is 5.89. The van der Waals surface area contributed by atoms with Gasteiger partial charge in [0.1, 0.15) is 0 Å². The molecule has 33 heavy (non-hydrogen) atoms. The normalized spacial score (nSPS) is 13.8. The van der Waals surface area contributed by atoms with Crippen LogP contribution in [0.4, 0.5) is 11.6 Å². The molecule has 0 spiro atoms. The number of hydrazone groups is 1. The molecule has 0 aliphatic carbocycles. The quantitative estimate of drug-likeness (QED) is 0.394. The van der Waals surface area contributed by atoms with E-state index in [1.807, 2.05) is 49.4 Å². The summed E-state index contributed by atoms with van der Waals surface area (Å²) in [6.07, 6.45) is 4.16. The summed E-state index contributed by atoms with van der Waals surface area (Å²) in [6.45, 7) is 5.09. The van der Waals surface area contributed by atoms with E-state index in [0.717, 1.165) is 16.8 Å². The third-order valence-electron chi connectivity index (χ3n) is 5.08. The Kier molecular flexibility index (Phi) is 7.65. The molecule has 0 amide bonds. The standard InChI is InChI=1S/C24H28N6O3/c1-18-6-5-7-19(16-18)17-26-29-22-21(31-2)23(30-11-14-32-15-12-30)28-24(27-22)33-13-9-20-8-3-4-10-25-20/h3-8,10,16-17H,9,11-15H2,1-2H3,(H,27,28,29)/b26-17+. The average molecular weight is 449 g/mol. The van der Waals surface area contributed by atoms with Gasteiger partial charge >= 0.3 is 6.01 Å². The molecule has 1 aliphatic heterocycles. The minimum Gasteiger partial charge on any atom is -0.490 e. The first kappa shape index (κ1) is 22.5. The fourth-order valence-corrected chi connectivity index (χ4v) is 3.45. The summed E-state index contributed by atoms with van der Waals surface area (Å²) >= 11 is 0. The van der Waals surface area contributed by atoms with Crippen molar-refractivity contribution in [3.8, 4) is 11.8 Å². The molecule has 0 radical (unpaired) electrons. The Morgan fingerprint density at radius 1 is 1.15 bits per heavy atom. The molecule has 1 fully saturated rings. The molecule has 0 bridgehead atoms. The number of morpholine rings is 1. The zero-order valence-corrected chi connectivity index (χ0v) is 18.9. The van der Waals surface area contributed by atoms with Crippen molar-refractivity contribution in [1.29, 1.82) is 0 Å². The third kappa shape index (κ3) is 6.17. The molecule has 1 N–H and O–H groups in total. The molecule has 172 valence electrons. The van der Waals surface area contributed by atoms with Crippen LogP contribution in [0, 0.1) is 6.92 Å². The molecule has 1 saturated heterocycles. The molecule has 2 aromatic heterocycles. The summed E-state index contributed by atoms with van der Waals surface area (Å²) < 4.78 is 17.1. The third-order valence-corrected chi connectivity index (χ3v) is 5.08. The van der Waals surface area contributed by atoms with Crippen molar-refractivity contribution in [3.05, 3.63) is 65.5 Å². The second kappa shape index (κ2) is 11.2.